The summed E-state index contributed by atoms with van der Waals surface area (Å²) in [5, 5.41) is 0. The molecule has 1 aromatic carbocycles. The lowest BCUT2D eigenvalue weighted by Gasteiger charge is -2.29. The molecule has 0 heterocycles. The zero-order chi connectivity index (χ0) is 15.7. The molecule has 0 bridgehead atoms. The Hall–Kier alpha value is -0.110. The molecular formula is C13H20Br2N2O2S. The Balaban J connectivity index is 3.08. The van der Waals surface area contributed by atoms with Crippen LogP contribution >= 0.6 is 31.9 Å². The van der Waals surface area contributed by atoms with E-state index in [1.165, 1.54) is 0 Å². The molecule has 1 rings (SSSR count). The first-order valence-corrected chi connectivity index (χ1v) is 9.28. The predicted octanol–water partition coefficient (Wildman–Crippen LogP) is 3.75. The number of benzene rings is 1. The van der Waals surface area contributed by atoms with Gasteiger partial charge in [0.2, 0.25) is 10.0 Å². The second kappa shape index (κ2) is 6.34. The number of nitrogens with one attached hydrogen (secondary N) is 1. The number of halogens is 2. The van der Waals surface area contributed by atoms with Crippen LogP contribution in [-0.2, 0) is 10.0 Å². The maximum absolute atomic E-state index is 12.4. The second-order valence-electron chi connectivity index (χ2n) is 5.77. The minimum Gasteiger partial charge on any atom is -0.398 e. The lowest BCUT2D eigenvalue weighted by atomic mass is 9.81. The zero-order valence-corrected chi connectivity index (χ0v) is 16.0. The molecule has 0 radical (unpaired) electrons. The van der Waals surface area contributed by atoms with Gasteiger partial charge in [-0.25, -0.2) is 13.1 Å². The van der Waals surface area contributed by atoms with Gasteiger partial charge < -0.3 is 5.73 Å². The van der Waals surface area contributed by atoms with Crippen LogP contribution in [0.25, 0.3) is 0 Å². The maximum Gasteiger partial charge on any atom is 0.243 e. The predicted molar refractivity (Wildman–Crippen MR) is 90.1 cm³/mol. The van der Waals surface area contributed by atoms with Gasteiger partial charge in [-0.15, -0.1) is 0 Å². The van der Waals surface area contributed by atoms with E-state index in [2.05, 4.69) is 50.4 Å². The quantitative estimate of drug-likeness (QED) is 0.702. The summed E-state index contributed by atoms with van der Waals surface area (Å²) in [7, 11) is -3.65. The van der Waals surface area contributed by atoms with E-state index in [0.717, 1.165) is 4.47 Å². The minimum atomic E-state index is -3.65. The number of rotatable bonds is 5. The van der Waals surface area contributed by atoms with E-state index in [1.54, 1.807) is 12.1 Å². The van der Waals surface area contributed by atoms with Crippen molar-refractivity contribution in [2.75, 3.05) is 12.3 Å². The molecule has 0 aliphatic carbocycles. The average Bonchev–Trinajstić information content (AvgIpc) is 2.24. The molecular weight excluding hydrogens is 408 g/mol. The van der Waals surface area contributed by atoms with Gasteiger partial charge in [-0.3, -0.25) is 0 Å². The summed E-state index contributed by atoms with van der Waals surface area (Å²) >= 11 is 6.53. The van der Waals surface area contributed by atoms with Crippen molar-refractivity contribution in [3.8, 4) is 0 Å². The second-order valence-corrected chi connectivity index (χ2v) is 9.25. The van der Waals surface area contributed by atoms with Gasteiger partial charge in [0.25, 0.3) is 0 Å². The van der Waals surface area contributed by atoms with Gasteiger partial charge in [0.1, 0.15) is 4.90 Å². The van der Waals surface area contributed by atoms with Gasteiger partial charge in [-0.2, -0.15) is 0 Å². The minimum absolute atomic E-state index is 0.0836. The lowest BCUT2D eigenvalue weighted by molar-refractivity contribution is 0.252. The van der Waals surface area contributed by atoms with Crippen LogP contribution in [0.5, 0.6) is 0 Å². The van der Waals surface area contributed by atoms with E-state index in [4.69, 9.17) is 5.73 Å². The Labute approximate surface area is 137 Å². The van der Waals surface area contributed by atoms with Crippen molar-refractivity contribution in [1.29, 1.82) is 0 Å². The molecule has 20 heavy (non-hydrogen) atoms. The molecule has 0 aliphatic heterocycles. The molecule has 3 N–H and O–H groups in total. The average molecular weight is 428 g/mol. The van der Waals surface area contributed by atoms with Gasteiger partial charge in [-0.1, -0.05) is 43.6 Å². The summed E-state index contributed by atoms with van der Waals surface area (Å²) < 4.78 is 28.6. The highest BCUT2D eigenvalue weighted by molar-refractivity contribution is 9.11. The van der Waals surface area contributed by atoms with Gasteiger partial charge >= 0.3 is 0 Å². The summed E-state index contributed by atoms with van der Waals surface area (Å²) in [5.74, 6) is 0.357. The molecule has 0 aromatic heterocycles. The molecule has 0 amide bonds. The van der Waals surface area contributed by atoms with Crippen molar-refractivity contribution in [3.05, 3.63) is 21.1 Å². The van der Waals surface area contributed by atoms with Crippen LogP contribution in [0.4, 0.5) is 5.69 Å². The number of hydrogen-bond acceptors (Lipinski definition) is 3. The first-order valence-electron chi connectivity index (χ1n) is 6.21. The molecule has 4 nitrogen and oxygen atoms in total. The first-order chi connectivity index (χ1) is 8.97. The Morgan fingerprint density at radius 3 is 2.30 bits per heavy atom. The Morgan fingerprint density at radius 2 is 1.85 bits per heavy atom. The lowest BCUT2D eigenvalue weighted by Crippen LogP contribution is -2.37. The van der Waals surface area contributed by atoms with Crippen molar-refractivity contribution < 1.29 is 8.42 Å². The largest absolute Gasteiger partial charge is 0.398 e. The summed E-state index contributed by atoms with van der Waals surface area (Å²) in [6, 6.07) is 3.24. The van der Waals surface area contributed by atoms with E-state index in [-0.39, 0.29) is 16.0 Å². The normalized spacial score (nSPS) is 12.9. The van der Waals surface area contributed by atoms with Crippen LogP contribution in [0, 0.1) is 11.3 Å². The maximum atomic E-state index is 12.4. The van der Waals surface area contributed by atoms with Gasteiger partial charge in [0, 0.05) is 15.5 Å². The van der Waals surface area contributed by atoms with E-state index >= 15 is 0 Å². The Bertz CT molecular complexity index is 575. The molecule has 0 atom stereocenters. The highest BCUT2D eigenvalue weighted by Gasteiger charge is 2.27. The van der Waals surface area contributed by atoms with Gasteiger partial charge in [-0.05, 0) is 39.4 Å². The number of nitrogens with two attached hydrogens (primary N) is 1. The fourth-order valence-electron chi connectivity index (χ4n) is 1.42. The van der Waals surface area contributed by atoms with Crippen molar-refractivity contribution >= 4 is 47.6 Å². The summed E-state index contributed by atoms with van der Waals surface area (Å²) in [4.78, 5) is 0.0836. The van der Waals surface area contributed by atoms with E-state index in [9.17, 15) is 8.42 Å². The molecule has 0 saturated carbocycles. The van der Waals surface area contributed by atoms with Crippen LogP contribution in [0.15, 0.2) is 26.0 Å². The summed E-state index contributed by atoms with van der Waals surface area (Å²) in [6.45, 7) is 8.55. The first kappa shape index (κ1) is 17.9. The number of hydrogen-bond donors (Lipinski definition) is 2. The zero-order valence-electron chi connectivity index (χ0n) is 12.0. The molecule has 0 aliphatic rings. The third-order valence-electron chi connectivity index (χ3n) is 3.59. The topological polar surface area (TPSA) is 72.2 Å². The fraction of sp³-hybridized carbons (Fsp3) is 0.538. The van der Waals surface area contributed by atoms with Crippen molar-refractivity contribution in [3.63, 3.8) is 0 Å². The third-order valence-corrected chi connectivity index (χ3v) is 6.45. The van der Waals surface area contributed by atoms with Gasteiger partial charge in [0.15, 0.2) is 0 Å². The molecule has 0 unspecified atom stereocenters. The van der Waals surface area contributed by atoms with Gasteiger partial charge in [0.05, 0.1) is 5.69 Å². The Morgan fingerprint density at radius 1 is 1.30 bits per heavy atom. The monoisotopic (exact) mass is 426 g/mol. The van der Waals surface area contributed by atoms with Crippen LogP contribution < -0.4 is 10.5 Å². The number of nitrogen functional groups attached to an aromatic ring is 1. The van der Waals surface area contributed by atoms with E-state index < -0.39 is 10.0 Å². The molecule has 0 spiro atoms. The molecule has 0 fully saturated rings. The van der Waals surface area contributed by atoms with Crippen LogP contribution in [-0.4, -0.2) is 15.0 Å². The number of sulfonamides is 1. The smallest absolute Gasteiger partial charge is 0.243 e. The van der Waals surface area contributed by atoms with E-state index in [0.29, 0.717) is 16.9 Å². The highest BCUT2D eigenvalue weighted by Crippen LogP contribution is 2.32. The summed E-state index contributed by atoms with van der Waals surface area (Å²) in [6.07, 6.45) is 0. The van der Waals surface area contributed by atoms with Crippen LogP contribution in [0.3, 0.4) is 0 Å². The fourth-order valence-corrected chi connectivity index (χ4v) is 4.71. The molecule has 114 valence electrons. The van der Waals surface area contributed by atoms with E-state index in [1.807, 2.05) is 13.8 Å². The standard InChI is InChI=1S/C13H20Br2N2O2S/c1-8(2)13(3,4)7-17-20(18,19)12-10(15)5-9(14)6-11(12)16/h5-6,8,17H,7,16H2,1-4H3. The van der Waals surface area contributed by atoms with Crippen molar-refractivity contribution in [1.82, 2.24) is 4.72 Å². The SMILES string of the molecule is CC(C)C(C)(C)CNS(=O)(=O)c1c(N)cc(Br)cc1Br. The molecule has 0 saturated heterocycles. The van der Waals surface area contributed by atoms with Crippen LogP contribution in [0.2, 0.25) is 0 Å². The Kier molecular flexibility index (Phi) is 5.68. The number of anilines is 1. The summed E-state index contributed by atoms with van der Waals surface area (Å²) in [5.41, 5.74) is 5.90. The van der Waals surface area contributed by atoms with Crippen molar-refractivity contribution in [2.24, 2.45) is 11.3 Å². The van der Waals surface area contributed by atoms with Crippen LogP contribution in [0.1, 0.15) is 27.7 Å². The molecule has 7 heteroatoms. The highest BCUT2D eigenvalue weighted by atomic mass is 79.9. The third kappa shape index (κ3) is 4.19. The van der Waals surface area contributed by atoms with Crippen molar-refractivity contribution in [2.45, 2.75) is 32.6 Å². The molecule has 1 aromatic rings.